The lowest BCUT2D eigenvalue weighted by molar-refractivity contribution is 0.0525. The van der Waals surface area contributed by atoms with Gasteiger partial charge in [-0.05, 0) is 81.0 Å². The van der Waals surface area contributed by atoms with E-state index >= 15 is 0 Å². The number of alkyl carbamates (subject to hydrolysis) is 1. The van der Waals surface area contributed by atoms with Crippen LogP contribution in [-0.4, -0.2) is 31.5 Å². The molecule has 5 heteroatoms. The van der Waals surface area contributed by atoms with E-state index in [1.165, 1.54) is 12.8 Å². The molecule has 0 aliphatic heterocycles. The number of carbonyl (C=O) groups excluding carboxylic acids is 1. The third-order valence-electron chi connectivity index (χ3n) is 5.78. The Balaban J connectivity index is 1.58. The maximum atomic E-state index is 11.8. The van der Waals surface area contributed by atoms with E-state index in [0.29, 0.717) is 19.6 Å². The van der Waals surface area contributed by atoms with E-state index < -0.39 is 11.7 Å². The van der Waals surface area contributed by atoms with Gasteiger partial charge in [-0.1, -0.05) is 68.3 Å². The minimum Gasteiger partial charge on any atom is -0.494 e. The number of benzene rings is 3. The number of unbranched alkanes of at least 4 members (excludes halogenated alkanes) is 2. The molecule has 3 aromatic carbocycles. The predicted molar refractivity (Wildman–Crippen MR) is 151 cm³/mol. The largest absolute Gasteiger partial charge is 0.494 e. The Bertz CT molecular complexity index is 1120. The smallest absolute Gasteiger partial charge is 0.407 e. The van der Waals surface area contributed by atoms with Gasteiger partial charge < -0.3 is 19.5 Å². The third kappa shape index (κ3) is 9.49. The van der Waals surface area contributed by atoms with Crippen LogP contribution in [0.1, 0.15) is 58.9 Å². The van der Waals surface area contributed by atoms with Gasteiger partial charge in [-0.25, -0.2) is 4.79 Å². The van der Waals surface area contributed by atoms with Gasteiger partial charge in [0.15, 0.2) is 0 Å². The molecule has 198 valence electrons. The SMILES string of the molecule is CCCCCOc1ccc(-c2ccc(-c3ccc(C)cc3OCCCNC(=O)OC(C)(C)C)cc2)cc1. The van der Waals surface area contributed by atoms with E-state index in [0.717, 1.165) is 52.3 Å². The highest BCUT2D eigenvalue weighted by Gasteiger charge is 2.15. The summed E-state index contributed by atoms with van der Waals surface area (Å²) in [6, 6.07) is 23.1. The number of aryl methyl sites for hydroxylation is 1. The van der Waals surface area contributed by atoms with Crippen molar-refractivity contribution in [3.05, 3.63) is 72.3 Å². The minimum absolute atomic E-state index is 0.405. The Morgan fingerprint density at radius 2 is 1.41 bits per heavy atom. The van der Waals surface area contributed by atoms with Crippen molar-refractivity contribution in [2.45, 2.75) is 65.9 Å². The summed E-state index contributed by atoms with van der Waals surface area (Å²) in [5.41, 5.74) is 5.10. The normalized spacial score (nSPS) is 11.2. The number of ether oxygens (including phenoxy) is 3. The maximum Gasteiger partial charge on any atom is 0.407 e. The van der Waals surface area contributed by atoms with Gasteiger partial charge in [0, 0.05) is 12.1 Å². The molecule has 0 fully saturated rings. The fourth-order valence-corrected chi connectivity index (χ4v) is 3.87. The Kier molecular flexibility index (Phi) is 10.4. The van der Waals surface area contributed by atoms with Crippen LogP contribution in [0.5, 0.6) is 11.5 Å². The Labute approximate surface area is 222 Å². The first kappa shape index (κ1) is 28.1. The zero-order valence-corrected chi connectivity index (χ0v) is 22.9. The Morgan fingerprint density at radius 3 is 2.05 bits per heavy atom. The van der Waals surface area contributed by atoms with E-state index in [4.69, 9.17) is 14.2 Å². The van der Waals surface area contributed by atoms with E-state index in [2.05, 4.69) is 73.8 Å². The van der Waals surface area contributed by atoms with E-state index in [9.17, 15) is 4.79 Å². The summed E-state index contributed by atoms with van der Waals surface area (Å²) in [6.45, 7) is 11.6. The van der Waals surface area contributed by atoms with Crippen LogP contribution in [0, 0.1) is 6.92 Å². The number of hydrogen-bond donors (Lipinski definition) is 1. The van der Waals surface area contributed by atoms with Crippen LogP contribution in [0.25, 0.3) is 22.3 Å². The molecule has 1 amide bonds. The van der Waals surface area contributed by atoms with Crippen molar-refractivity contribution in [1.82, 2.24) is 5.32 Å². The molecular formula is C32H41NO4. The highest BCUT2D eigenvalue weighted by molar-refractivity contribution is 5.74. The summed E-state index contributed by atoms with van der Waals surface area (Å²) in [4.78, 5) is 11.8. The molecule has 5 nitrogen and oxygen atoms in total. The molecule has 0 radical (unpaired) electrons. The topological polar surface area (TPSA) is 56.8 Å². The van der Waals surface area contributed by atoms with Crippen LogP contribution in [-0.2, 0) is 4.74 Å². The fourth-order valence-electron chi connectivity index (χ4n) is 3.87. The summed E-state index contributed by atoms with van der Waals surface area (Å²) < 4.78 is 17.2. The second-order valence-corrected chi connectivity index (χ2v) is 10.3. The van der Waals surface area contributed by atoms with Crippen molar-refractivity contribution in [1.29, 1.82) is 0 Å². The lowest BCUT2D eigenvalue weighted by Crippen LogP contribution is -2.33. The molecular weight excluding hydrogens is 462 g/mol. The standard InChI is InChI=1S/C32H41NO4/c1-6-7-8-21-35-28-17-15-26(16-18-28)25-11-13-27(14-12-25)29-19-10-24(2)23-30(29)36-22-9-20-33-31(34)37-32(3,4)5/h10-19,23H,6-9,20-22H2,1-5H3,(H,33,34). The van der Waals surface area contributed by atoms with Crippen molar-refractivity contribution in [2.24, 2.45) is 0 Å². The van der Waals surface area contributed by atoms with E-state index in [1.807, 2.05) is 32.9 Å². The zero-order valence-electron chi connectivity index (χ0n) is 22.9. The molecule has 0 aliphatic carbocycles. The first-order valence-electron chi connectivity index (χ1n) is 13.3. The van der Waals surface area contributed by atoms with Gasteiger partial charge >= 0.3 is 6.09 Å². The first-order valence-corrected chi connectivity index (χ1v) is 13.3. The quantitative estimate of drug-likeness (QED) is 0.253. The van der Waals surface area contributed by atoms with Crippen LogP contribution in [0.2, 0.25) is 0 Å². The number of amides is 1. The highest BCUT2D eigenvalue weighted by atomic mass is 16.6. The summed E-state index contributed by atoms with van der Waals surface area (Å²) in [6.07, 6.45) is 3.76. The first-order chi connectivity index (χ1) is 17.7. The van der Waals surface area contributed by atoms with Crippen LogP contribution in [0.4, 0.5) is 4.79 Å². The molecule has 0 heterocycles. The van der Waals surface area contributed by atoms with E-state index in [-0.39, 0.29) is 0 Å². The second kappa shape index (κ2) is 13.7. The van der Waals surface area contributed by atoms with Gasteiger partial charge in [-0.2, -0.15) is 0 Å². The average molecular weight is 504 g/mol. The fraction of sp³-hybridized carbons (Fsp3) is 0.406. The lowest BCUT2D eigenvalue weighted by atomic mass is 9.99. The van der Waals surface area contributed by atoms with Crippen molar-refractivity contribution < 1.29 is 19.0 Å². The molecule has 37 heavy (non-hydrogen) atoms. The third-order valence-corrected chi connectivity index (χ3v) is 5.78. The number of carbonyl (C=O) groups is 1. The number of hydrogen-bond acceptors (Lipinski definition) is 4. The predicted octanol–water partition coefficient (Wildman–Crippen LogP) is 8.19. The van der Waals surface area contributed by atoms with Crippen molar-refractivity contribution >= 4 is 6.09 Å². The van der Waals surface area contributed by atoms with Crippen molar-refractivity contribution in [3.8, 4) is 33.8 Å². The van der Waals surface area contributed by atoms with Gasteiger partial charge in [-0.3, -0.25) is 0 Å². The number of rotatable bonds is 12. The number of nitrogens with one attached hydrogen (secondary N) is 1. The Hall–Kier alpha value is -3.47. The molecule has 0 unspecified atom stereocenters. The highest BCUT2D eigenvalue weighted by Crippen LogP contribution is 2.33. The lowest BCUT2D eigenvalue weighted by Gasteiger charge is -2.19. The van der Waals surface area contributed by atoms with Gasteiger partial charge in [0.25, 0.3) is 0 Å². The molecule has 1 N–H and O–H groups in total. The van der Waals surface area contributed by atoms with Gasteiger partial charge in [0.1, 0.15) is 17.1 Å². The van der Waals surface area contributed by atoms with Gasteiger partial charge in [0.05, 0.1) is 13.2 Å². The summed E-state index contributed by atoms with van der Waals surface area (Å²) >= 11 is 0. The molecule has 0 atom stereocenters. The molecule has 0 aliphatic rings. The molecule has 0 aromatic heterocycles. The van der Waals surface area contributed by atoms with Gasteiger partial charge in [-0.15, -0.1) is 0 Å². The molecule has 3 rings (SSSR count). The van der Waals surface area contributed by atoms with Crippen LogP contribution in [0.15, 0.2) is 66.7 Å². The second-order valence-electron chi connectivity index (χ2n) is 10.3. The van der Waals surface area contributed by atoms with Crippen LogP contribution in [0.3, 0.4) is 0 Å². The minimum atomic E-state index is -0.502. The average Bonchev–Trinajstić information content (AvgIpc) is 2.86. The van der Waals surface area contributed by atoms with Crippen molar-refractivity contribution in [2.75, 3.05) is 19.8 Å². The van der Waals surface area contributed by atoms with Crippen molar-refractivity contribution in [3.63, 3.8) is 0 Å². The monoisotopic (exact) mass is 503 g/mol. The molecule has 0 spiro atoms. The maximum absolute atomic E-state index is 11.8. The Morgan fingerprint density at radius 1 is 0.784 bits per heavy atom. The zero-order chi connectivity index (χ0) is 26.7. The molecule has 0 saturated carbocycles. The summed E-state index contributed by atoms with van der Waals surface area (Å²) in [7, 11) is 0. The van der Waals surface area contributed by atoms with Crippen LogP contribution < -0.4 is 14.8 Å². The summed E-state index contributed by atoms with van der Waals surface area (Å²) in [5, 5.41) is 2.77. The molecule has 3 aromatic rings. The molecule has 0 saturated heterocycles. The van der Waals surface area contributed by atoms with Crippen LogP contribution >= 0.6 is 0 Å². The molecule has 0 bridgehead atoms. The van der Waals surface area contributed by atoms with Gasteiger partial charge in [0.2, 0.25) is 0 Å². The summed E-state index contributed by atoms with van der Waals surface area (Å²) in [5.74, 6) is 1.76. The van der Waals surface area contributed by atoms with E-state index in [1.54, 1.807) is 0 Å².